The maximum Gasteiger partial charge on any atom is 0.119 e. The molecule has 0 amide bonds. The zero-order valence-electron chi connectivity index (χ0n) is 14.9. The fourth-order valence-corrected chi connectivity index (χ4v) is 4.04. The monoisotopic (exact) mass is 340 g/mol. The van der Waals surface area contributed by atoms with E-state index in [4.69, 9.17) is 4.74 Å². The Labute approximate surface area is 150 Å². The summed E-state index contributed by atoms with van der Waals surface area (Å²) in [7, 11) is 0. The van der Waals surface area contributed by atoms with Crippen molar-refractivity contribution in [3.63, 3.8) is 0 Å². The number of nitrogens with zero attached hydrogens (tertiary/aromatic N) is 4. The highest BCUT2D eigenvalue weighted by atomic mass is 16.5. The van der Waals surface area contributed by atoms with Gasteiger partial charge >= 0.3 is 0 Å². The summed E-state index contributed by atoms with van der Waals surface area (Å²) in [5.41, 5.74) is 1.35. The Morgan fingerprint density at radius 3 is 3.08 bits per heavy atom. The van der Waals surface area contributed by atoms with Crippen molar-refractivity contribution in [2.45, 2.75) is 38.4 Å². The van der Waals surface area contributed by atoms with E-state index in [0.29, 0.717) is 6.61 Å². The van der Waals surface area contributed by atoms with Crippen molar-refractivity contribution >= 4 is 0 Å². The van der Waals surface area contributed by atoms with Crippen LogP contribution in [0.15, 0.2) is 43.0 Å². The first-order chi connectivity index (χ1) is 12.4. The van der Waals surface area contributed by atoms with Gasteiger partial charge in [-0.3, -0.25) is 9.80 Å². The van der Waals surface area contributed by atoms with Crippen LogP contribution in [0.4, 0.5) is 0 Å². The van der Waals surface area contributed by atoms with E-state index in [0.717, 1.165) is 24.9 Å². The summed E-state index contributed by atoms with van der Waals surface area (Å²) in [4.78, 5) is 9.35. The van der Waals surface area contributed by atoms with E-state index in [1.807, 2.05) is 17.1 Å². The zero-order chi connectivity index (χ0) is 16.9. The number of imidazole rings is 1. The third-order valence-electron chi connectivity index (χ3n) is 5.40. The second-order valence-electron chi connectivity index (χ2n) is 7.22. The molecule has 1 atom stereocenters. The Morgan fingerprint density at radius 2 is 2.16 bits per heavy atom. The highest BCUT2D eigenvalue weighted by molar-refractivity contribution is 5.28. The second-order valence-corrected chi connectivity index (χ2v) is 7.22. The van der Waals surface area contributed by atoms with Crippen LogP contribution < -0.4 is 4.74 Å². The number of fused-ring (bicyclic) bond motifs is 1. The molecule has 5 heteroatoms. The van der Waals surface area contributed by atoms with Crippen LogP contribution in [-0.4, -0.2) is 58.2 Å². The van der Waals surface area contributed by atoms with E-state index in [1.165, 1.54) is 51.0 Å². The molecule has 0 saturated carbocycles. The summed E-state index contributed by atoms with van der Waals surface area (Å²) < 4.78 is 7.95. The van der Waals surface area contributed by atoms with Crippen LogP contribution in [0.1, 0.15) is 24.8 Å². The topological polar surface area (TPSA) is 33.5 Å². The van der Waals surface area contributed by atoms with Gasteiger partial charge in [-0.1, -0.05) is 18.6 Å². The van der Waals surface area contributed by atoms with Crippen molar-refractivity contribution in [1.82, 2.24) is 19.4 Å². The van der Waals surface area contributed by atoms with Gasteiger partial charge in [-0.2, -0.15) is 0 Å². The lowest BCUT2D eigenvalue weighted by Crippen LogP contribution is -2.54. The Hall–Kier alpha value is -1.85. The molecule has 0 spiro atoms. The Kier molecular flexibility index (Phi) is 5.33. The largest absolute Gasteiger partial charge is 0.492 e. The lowest BCUT2D eigenvalue weighted by Gasteiger charge is -2.44. The summed E-state index contributed by atoms with van der Waals surface area (Å²) in [5, 5.41) is 0. The number of piperazine rings is 1. The number of hydrogen-bond acceptors (Lipinski definition) is 4. The molecule has 1 aromatic heterocycles. The Balaban J connectivity index is 1.29. The third kappa shape index (κ3) is 4.41. The molecule has 3 heterocycles. The van der Waals surface area contributed by atoms with E-state index >= 15 is 0 Å². The average molecular weight is 340 g/mol. The molecule has 2 aliphatic rings. The van der Waals surface area contributed by atoms with Crippen LogP contribution in [0.5, 0.6) is 5.75 Å². The normalized spacial score (nSPS) is 21.8. The summed E-state index contributed by atoms with van der Waals surface area (Å²) in [5.74, 6) is 0.967. The van der Waals surface area contributed by atoms with E-state index in [9.17, 15) is 0 Å². The van der Waals surface area contributed by atoms with Crippen LogP contribution in [-0.2, 0) is 13.1 Å². The van der Waals surface area contributed by atoms with Crippen LogP contribution in [0.3, 0.4) is 0 Å². The number of aromatic nitrogens is 2. The summed E-state index contributed by atoms with van der Waals surface area (Å²) >= 11 is 0. The van der Waals surface area contributed by atoms with Gasteiger partial charge in [0.15, 0.2) is 0 Å². The minimum atomic E-state index is 0.667. The molecule has 2 saturated heterocycles. The highest BCUT2D eigenvalue weighted by Gasteiger charge is 2.28. The molecule has 1 aromatic carbocycles. The molecule has 2 fully saturated rings. The van der Waals surface area contributed by atoms with Crippen LogP contribution >= 0.6 is 0 Å². The summed E-state index contributed by atoms with van der Waals surface area (Å²) in [6.07, 6.45) is 9.74. The van der Waals surface area contributed by atoms with Gasteiger partial charge < -0.3 is 9.30 Å². The minimum Gasteiger partial charge on any atom is -0.492 e. The second kappa shape index (κ2) is 8.02. The van der Waals surface area contributed by atoms with Crippen LogP contribution in [0.2, 0.25) is 0 Å². The van der Waals surface area contributed by atoms with Crippen molar-refractivity contribution in [3.8, 4) is 5.75 Å². The first kappa shape index (κ1) is 16.6. The zero-order valence-corrected chi connectivity index (χ0v) is 14.9. The van der Waals surface area contributed by atoms with Gasteiger partial charge in [0.25, 0.3) is 0 Å². The lowest BCUT2D eigenvalue weighted by atomic mass is 9.99. The summed E-state index contributed by atoms with van der Waals surface area (Å²) in [6, 6.07) is 9.35. The van der Waals surface area contributed by atoms with Gasteiger partial charge in [0.2, 0.25) is 0 Å². The first-order valence-electron chi connectivity index (χ1n) is 9.51. The third-order valence-corrected chi connectivity index (χ3v) is 5.40. The number of hydrogen-bond donors (Lipinski definition) is 0. The molecule has 0 bridgehead atoms. The fourth-order valence-electron chi connectivity index (χ4n) is 4.04. The number of benzene rings is 1. The molecule has 4 rings (SSSR count). The van der Waals surface area contributed by atoms with Crippen molar-refractivity contribution in [1.29, 1.82) is 0 Å². The molecule has 134 valence electrons. The Bertz CT molecular complexity index is 657. The fraction of sp³-hybridized carbons (Fsp3) is 0.550. The van der Waals surface area contributed by atoms with Gasteiger partial charge in [0.05, 0.1) is 12.9 Å². The molecule has 2 aromatic rings. The molecule has 5 nitrogen and oxygen atoms in total. The molecule has 1 unspecified atom stereocenters. The average Bonchev–Trinajstić information content (AvgIpc) is 3.15. The van der Waals surface area contributed by atoms with Crippen LogP contribution in [0, 0.1) is 0 Å². The minimum absolute atomic E-state index is 0.667. The number of rotatable bonds is 6. The van der Waals surface area contributed by atoms with Gasteiger partial charge in [-0.25, -0.2) is 4.98 Å². The standard InChI is InChI=1S/C20H28N4O/c1-2-8-24-11-10-23(16-19(24)5-1)15-18-4-3-6-20(14-18)25-13-12-22-9-7-21-17-22/h3-4,6-7,9,14,17,19H,1-2,5,8,10-13,15-16H2. The van der Waals surface area contributed by atoms with E-state index < -0.39 is 0 Å². The van der Waals surface area contributed by atoms with Crippen molar-refractivity contribution < 1.29 is 4.74 Å². The van der Waals surface area contributed by atoms with Crippen molar-refractivity contribution in [3.05, 3.63) is 48.5 Å². The lowest BCUT2D eigenvalue weighted by molar-refractivity contribution is 0.0456. The van der Waals surface area contributed by atoms with Crippen molar-refractivity contribution in [2.75, 3.05) is 32.8 Å². The molecule has 0 N–H and O–H groups in total. The van der Waals surface area contributed by atoms with Gasteiger partial charge in [-0.15, -0.1) is 0 Å². The predicted molar refractivity (Wildman–Crippen MR) is 98.7 cm³/mol. The summed E-state index contributed by atoms with van der Waals surface area (Å²) in [6.45, 7) is 7.45. The highest BCUT2D eigenvalue weighted by Crippen LogP contribution is 2.23. The van der Waals surface area contributed by atoms with Gasteiger partial charge in [0, 0.05) is 44.6 Å². The molecule has 0 aliphatic carbocycles. The maximum absolute atomic E-state index is 5.92. The quantitative estimate of drug-likeness (QED) is 0.809. The van der Waals surface area contributed by atoms with E-state index in [1.54, 1.807) is 6.20 Å². The van der Waals surface area contributed by atoms with Gasteiger partial charge in [-0.05, 0) is 37.1 Å². The Morgan fingerprint density at radius 1 is 1.16 bits per heavy atom. The molecule has 25 heavy (non-hydrogen) atoms. The SMILES string of the molecule is c1cc(CN2CCN3CCCCC3C2)cc(OCCn2ccnc2)c1. The smallest absolute Gasteiger partial charge is 0.119 e. The molecule has 0 radical (unpaired) electrons. The first-order valence-corrected chi connectivity index (χ1v) is 9.51. The molecular weight excluding hydrogens is 312 g/mol. The van der Waals surface area contributed by atoms with Crippen LogP contribution in [0.25, 0.3) is 0 Å². The maximum atomic E-state index is 5.92. The van der Waals surface area contributed by atoms with E-state index in [2.05, 4.69) is 39.0 Å². The molecule has 2 aliphatic heterocycles. The number of piperidine rings is 1. The molecular formula is C20H28N4O. The predicted octanol–water partition coefficient (Wildman–Crippen LogP) is 2.63. The van der Waals surface area contributed by atoms with E-state index in [-0.39, 0.29) is 0 Å². The van der Waals surface area contributed by atoms with Crippen molar-refractivity contribution in [2.24, 2.45) is 0 Å². The van der Waals surface area contributed by atoms with Gasteiger partial charge in [0.1, 0.15) is 12.4 Å². The number of ether oxygens (including phenoxy) is 1.